The van der Waals surface area contributed by atoms with E-state index in [1.54, 1.807) is 7.11 Å². The molecule has 2 rings (SSSR count). The fourth-order valence-corrected chi connectivity index (χ4v) is 3.71. The smallest absolute Gasteiger partial charge is 0.120 e. The molecule has 1 saturated carbocycles. The zero-order valence-electron chi connectivity index (χ0n) is 11.5. The van der Waals surface area contributed by atoms with Gasteiger partial charge in [-0.15, -0.1) is 0 Å². The van der Waals surface area contributed by atoms with Crippen LogP contribution in [0.4, 0.5) is 0 Å². The Kier molecular flexibility index (Phi) is 4.98. The van der Waals surface area contributed by atoms with Crippen LogP contribution in [-0.2, 0) is 4.74 Å². The molecule has 1 heterocycles. The van der Waals surface area contributed by atoms with Gasteiger partial charge >= 0.3 is 0 Å². The van der Waals surface area contributed by atoms with E-state index in [1.807, 2.05) is 0 Å². The van der Waals surface area contributed by atoms with Gasteiger partial charge in [-0.1, -0.05) is 37.9 Å². The number of rotatable bonds is 3. The van der Waals surface area contributed by atoms with Gasteiger partial charge in [-0.3, -0.25) is 0 Å². The van der Waals surface area contributed by atoms with Crippen molar-refractivity contribution in [3.8, 4) is 0 Å². The molecule has 0 aromatic rings. The summed E-state index contributed by atoms with van der Waals surface area (Å²) in [6, 6.07) is 0.786. The number of thiocarbonyl (C=S) groups is 1. The number of likely N-dealkylation sites (tertiary alicyclic amines) is 1. The SMILES string of the molecule is COC1(C(N)=S)CCN(C2CCCCCC2)CC1. The molecule has 2 fully saturated rings. The van der Waals surface area contributed by atoms with Crippen LogP contribution in [0.15, 0.2) is 0 Å². The molecule has 1 aliphatic carbocycles. The first kappa shape index (κ1) is 14.2. The molecule has 0 spiro atoms. The number of nitrogens with two attached hydrogens (primary N) is 1. The Morgan fingerprint density at radius 3 is 2.17 bits per heavy atom. The van der Waals surface area contributed by atoms with E-state index < -0.39 is 0 Å². The van der Waals surface area contributed by atoms with Crippen LogP contribution >= 0.6 is 12.2 Å². The van der Waals surface area contributed by atoms with Crippen molar-refractivity contribution in [2.24, 2.45) is 5.73 Å². The van der Waals surface area contributed by atoms with Crippen LogP contribution < -0.4 is 5.73 Å². The second kappa shape index (κ2) is 6.31. The molecule has 1 aliphatic heterocycles. The van der Waals surface area contributed by atoms with Crippen LogP contribution in [0.3, 0.4) is 0 Å². The molecule has 3 nitrogen and oxygen atoms in total. The zero-order valence-corrected chi connectivity index (χ0v) is 12.3. The van der Waals surface area contributed by atoms with Crippen LogP contribution in [0.2, 0.25) is 0 Å². The maximum Gasteiger partial charge on any atom is 0.120 e. The topological polar surface area (TPSA) is 38.5 Å². The van der Waals surface area contributed by atoms with E-state index in [2.05, 4.69) is 4.90 Å². The van der Waals surface area contributed by atoms with Gasteiger partial charge in [0.25, 0.3) is 0 Å². The second-order valence-electron chi connectivity index (χ2n) is 5.74. The van der Waals surface area contributed by atoms with Gasteiger partial charge in [0, 0.05) is 26.2 Å². The zero-order chi connectivity index (χ0) is 13.0. The minimum Gasteiger partial charge on any atom is -0.391 e. The van der Waals surface area contributed by atoms with Crippen LogP contribution in [-0.4, -0.2) is 41.7 Å². The molecule has 18 heavy (non-hydrogen) atoms. The molecule has 0 radical (unpaired) electrons. The van der Waals surface area contributed by atoms with Gasteiger partial charge in [-0.25, -0.2) is 0 Å². The average molecular weight is 270 g/mol. The van der Waals surface area contributed by atoms with Crippen LogP contribution in [0.5, 0.6) is 0 Å². The summed E-state index contributed by atoms with van der Waals surface area (Å²) in [5, 5.41) is 0. The summed E-state index contributed by atoms with van der Waals surface area (Å²) < 4.78 is 5.61. The number of hydrogen-bond donors (Lipinski definition) is 1. The van der Waals surface area contributed by atoms with Gasteiger partial charge in [-0.05, 0) is 25.7 Å². The third-order valence-corrected chi connectivity index (χ3v) is 5.16. The fourth-order valence-electron chi connectivity index (χ4n) is 3.42. The summed E-state index contributed by atoms with van der Waals surface area (Å²) in [6.07, 6.45) is 10.3. The monoisotopic (exact) mass is 270 g/mol. The van der Waals surface area contributed by atoms with Crippen LogP contribution in [0, 0.1) is 0 Å². The molecule has 0 unspecified atom stereocenters. The van der Waals surface area contributed by atoms with E-state index >= 15 is 0 Å². The van der Waals surface area contributed by atoms with Crippen molar-refractivity contribution in [2.75, 3.05) is 20.2 Å². The van der Waals surface area contributed by atoms with Crippen molar-refractivity contribution in [2.45, 2.75) is 63.0 Å². The van der Waals surface area contributed by atoms with E-state index in [-0.39, 0.29) is 5.60 Å². The van der Waals surface area contributed by atoms with E-state index in [4.69, 9.17) is 22.7 Å². The first-order valence-electron chi connectivity index (χ1n) is 7.27. The predicted molar refractivity (Wildman–Crippen MR) is 78.8 cm³/mol. The lowest BCUT2D eigenvalue weighted by molar-refractivity contribution is -0.0151. The lowest BCUT2D eigenvalue weighted by Crippen LogP contribution is -2.54. The second-order valence-corrected chi connectivity index (χ2v) is 6.18. The molecule has 0 amide bonds. The Bertz CT molecular complexity index is 280. The normalized spacial score (nSPS) is 26.7. The molecule has 0 bridgehead atoms. The first-order chi connectivity index (χ1) is 8.68. The Morgan fingerprint density at radius 1 is 1.17 bits per heavy atom. The highest BCUT2D eigenvalue weighted by Crippen LogP contribution is 2.30. The molecular weight excluding hydrogens is 244 g/mol. The number of hydrogen-bond acceptors (Lipinski definition) is 3. The summed E-state index contributed by atoms with van der Waals surface area (Å²) in [5.74, 6) is 0. The number of piperidine rings is 1. The maximum atomic E-state index is 5.85. The van der Waals surface area contributed by atoms with Gasteiger partial charge in [0.2, 0.25) is 0 Å². The highest BCUT2D eigenvalue weighted by atomic mass is 32.1. The van der Waals surface area contributed by atoms with Gasteiger partial charge < -0.3 is 15.4 Å². The quantitative estimate of drug-likeness (QED) is 0.631. The summed E-state index contributed by atoms with van der Waals surface area (Å²) in [7, 11) is 1.74. The van der Waals surface area contributed by atoms with E-state index in [1.165, 1.54) is 38.5 Å². The van der Waals surface area contributed by atoms with Gasteiger partial charge in [0.15, 0.2) is 0 Å². The molecule has 0 aromatic heterocycles. The summed E-state index contributed by atoms with van der Waals surface area (Å²) in [5.41, 5.74) is 5.51. The molecule has 2 N–H and O–H groups in total. The number of nitrogens with zero attached hydrogens (tertiary/aromatic N) is 1. The molecule has 104 valence electrons. The minimum absolute atomic E-state index is 0.337. The minimum atomic E-state index is -0.337. The van der Waals surface area contributed by atoms with E-state index in [0.29, 0.717) is 4.99 Å². The molecule has 0 atom stereocenters. The fraction of sp³-hybridized carbons (Fsp3) is 0.929. The number of methoxy groups -OCH3 is 1. The largest absolute Gasteiger partial charge is 0.391 e. The van der Waals surface area contributed by atoms with Gasteiger partial charge in [0.05, 0.1) is 0 Å². The predicted octanol–water partition coefficient (Wildman–Crippen LogP) is 2.48. The molecule has 4 heteroatoms. The molecular formula is C14H26N2OS. The maximum absolute atomic E-state index is 5.85. The molecule has 0 aromatic carbocycles. The van der Waals surface area contributed by atoms with Crippen molar-refractivity contribution < 1.29 is 4.74 Å². The van der Waals surface area contributed by atoms with Gasteiger partial charge in [0.1, 0.15) is 10.6 Å². The first-order valence-corrected chi connectivity index (χ1v) is 7.68. The van der Waals surface area contributed by atoms with Crippen molar-refractivity contribution in [3.63, 3.8) is 0 Å². The summed E-state index contributed by atoms with van der Waals surface area (Å²) >= 11 is 5.18. The molecule has 2 aliphatic rings. The van der Waals surface area contributed by atoms with E-state index in [0.717, 1.165) is 32.0 Å². The third kappa shape index (κ3) is 3.03. The lowest BCUT2D eigenvalue weighted by atomic mass is 9.89. The van der Waals surface area contributed by atoms with E-state index in [9.17, 15) is 0 Å². The van der Waals surface area contributed by atoms with Crippen molar-refractivity contribution >= 4 is 17.2 Å². The third-order valence-electron chi connectivity index (χ3n) is 4.79. The summed E-state index contributed by atoms with van der Waals surface area (Å²) in [4.78, 5) is 3.17. The van der Waals surface area contributed by atoms with Crippen molar-refractivity contribution in [1.29, 1.82) is 0 Å². The van der Waals surface area contributed by atoms with Crippen molar-refractivity contribution in [1.82, 2.24) is 4.90 Å². The Balaban J connectivity index is 1.90. The Labute approximate surface area is 116 Å². The highest BCUT2D eigenvalue weighted by molar-refractivity contribution is 7.80. The lowest BCUT2D eigenvalue weighted by Gasteiger charge is -2.43. The Hall–Kier alpha value is -0.190. The van der Waals surface area contributed by atoms with Gasteiger partial charge in [-0.2, -0.15) is 0 Å². The summed E-state index contributed by atoms with van der Waals surface area (Å²) in [6.45, 7) is 2.16. The average Bonchev–Trinajstić information content (AvgIpc) is 2.67. The standard InChI is InChI=1S/C14H26N2OS/c1-17-14(13(15)18)8-10-16(11-9-14)12-6-4-2-3-5-7-12/h12H,2-11H2,1H3,(H2,15,18). The Morgan fingerprint density at radius 2 is 1.72 bits per heavy atom. The van der Waals surface area contributed by atoms with Crippen LogP contribution in [0.1, 0.15) is 51.4 Å². The molecule has 1 saturated heterocycles. The highest BCUT2D eigenvalue weighted by Gasteiger charge is 2.38. The van der Waals surface area contributed by atoms with Crippen LogP contribution in [0.25, 0.3) is 0 Å². The number of ether oxygens (including phenoxy) is 1. The van der Waals surface area contributed by atoms with Crippen molar-refractivity contribution in [3.05, 3.63) is 0 Å².